The van der Waals surface area contributed by atoms with Gasteiger partial charge in [-0.15, -0.1) is 0 Å². The molecule has 0 fully saturated rings. The van der Waals surface area contributed by atoms with E-state index in [4.69, 9.17) is 5.26 Å². The molecule has 0 aliphatic rings. The molecule has 0 aromatic carbocycles. The molecule has 0 aliphatic carbocycles. The van der Waals surface area contributed by atoms with Gasteiger partial charge in [0, 0.05) is 0 Å². The topological polar surface area (TPSA) is 71.0 Å². The molecule has 0 saturated heterocycles. The van der Waals surface area contributed by atoms with Crippen LogP contribution in [0.25, 0.3) is 0 Å². The highest BCUT2D eigenvalue weighted by Gasteiger charge is 2.10. The minimum atomic E-state index is 0.0873. The third-order valence-electron chi connectivity index (χ3n) is 1.40. The van der Waals surface area contributed by atoms with Gasteiger partial charge in [-0.2, -0.15) is 15.4 Å². The molecule has 1 heterocycles. The monoisotopic (exact) mass is 157 g/mol. The minimum Gasteiger partial charge on any atom is -0.251 e. The molecule has 1 rings (SSSR count). The van der Waals surface area contributed by atoms with Crippen molar-refractivity contribution in [2.75, 3.05) is 0 Å². The first-order valence-electron chi connectivity index (χ1n) is 3.41. The van der Waals surface area contributed by atoms with Crippen LogP contribution in [0.1, 0.15) is 31.2 Å². The maximum Gasteiger partial charge on any atom is 0.128 e. The van der Waals surface area contributed by atoms with Gasteiger partial charge in [0.15, 0.2) is 0 Å². The summed E-state index contributed by atoms with van der Waals surface area (Å²) in [5, 5.41) is 18.3. The van der Waals surface area contributed by atoms with Crippen molar-refractivity contribution in [1.82, 2.24) is 15.4 Å². The molecule has 0 aliphatic heterocycles. The average Bonchev–Trinajstić information content (AvgIpc) is 2.36. The summed E-state index contributed by atoms with van der Waals surface area (Å²) in [5.74, 6) is 0.291. The molecule has 0 saturated carbocycles. The van der Waals surface area contributed by atoms with Crippen molar-refractivity contribution in [3.63, 3.8) is 0 Å². The zero-order valence-corrected chi connectivity index (χ0v) is 6.53. The molecule has 0 spiro atoms. The highest BCUT2D eigenvalue weighted by molar-refractivity contribution is 5.10. The zero-order valence-electron chi connectivity index (χ0n) is 6.53. The van der Waals surface area contributed by atoms with Crippen molar-refractivity contribution in [3.8, 4) is 0 Å². The smallest absolute Gasteiger partial charge is 0.128 e. The van der Waals surface area contributed by atoms with Crippen LogP contribution in [0.5, 0.6) is 0 Å². The Kier molecular flexibility index (Phi) is 2.56. The van der Waals surface area contributed by atoms with Gasteiger partial charge in [0.2, 0.25) is 0 Å². The van der Waals surface area contributed by atoms with E-state index in [1.165, 1.54) is 0 Å². The molecule has 1 aromatic rings. The van der Waals surface area contributed by atoms with E-state index in [2.05, 4.69) is 20.3 Å². The Morgan fingerprint density at radius 1 is 1.55 bits per heavy atom. The van der Waals surface area contributed by atoms with Crippen LogP contribution >= 0.6 is 0 Å². The summed E-state index contributed by atoms with van der Waals surface area (Å²) in [6.07, 6.45) is 0. The summed E-state index contributed by atoms with van der Waals surface area (Å²) in [5.41, 5.74) is 1.49. The maximum atomic E-state index is 8.16. The maximum absolute atomic E-state index is 8.16. The molecular formula is C6H11N3O2. The summed E-state index contributed by atoms with van der Waals surface area (Å²) in [6, 6.07) is 0. The van der Waals surface area contributed by atoms with E-state index < -0.39 is 0 Å². The predicted molar refractivity (Wildman–Crippen MR) is 37.9 cm³/mol. The second-order valence-corrected chi connectivity index (χ2v) is 2.58. The van der Waals surface area contributed by atoms with Gasteiger partial charge in [0.25, 0.3) is 0 Å². The van der Waals surface area contributed by atoms with E-state index in [0.717, 1.165) is 5.69 Å². The molecule has 0 unspecified atom stereocenters. The van der Waals surface area contributed by atoms with Crippen LogP contribution < -0.4 is 0 Å². The molecule has 62 valence electrons. The van der Waals surface area contributed by atoms with Crippen molar-refractivity contribution in [2.45, 2.75) is 26.4 Å². The van der Waals surface area contributed by atoms with E-state index in [0.29, 0.717) is 11.6 Å². The van der Waals surface area contributed by atoms with Crippen LogP contribution in [0.15, 0.2) is 0 Å². The Labute approximate surface area is 64.3 Å². The Balaban J connectivity index is 2.78. The van der Waals surface area contributed by atoms with E-state index in [-0.39, 0.29) is 6.61 Å². The molecule has 0 atom stereocenters. The lowest BCUT2D eigenvalue weighted by Crippen LogP contribution is -1.96. The van der Waals surface area contributed by atoms with E-state index in [1.54, 1.807) is 0 Å². The van der Waals surface area contributed by atoms with Gasteiger partial charge in [-0.3, -0.25) is 5.26 Å². The van der Waals surface area contributed by atoms with Crippen molar-refractivity contribution < 1.29 is 10.1 Å². The lowest BCUT2D eigenvalue weighted by atomic mass is 10.1. The Bertz CT molecular complexity index is 221. The van der Waals surface area contributed by atoms with Crippen LogP contribution in [0.2, 0.25) is 0 Å². The Morgan fingerprint density at radius 2 is 2.27 bits per heavy atom. The Morgan fingerprint density at radius 3 is 2.82 bits per heavy atom. The van der Waals surface area contributed by atoms with Crippen LogP contribution in [-0.4, -0.2) is 20.7 Å². The highest BCUT2D eigenvalue weighted by atomic mass is 17.1. The fraction of sp³-hybridized carbons (Fsp3) is 0.667. The summed E-state index contributed by atoms with van der Waals surface area (Å²) in [6.45, 7) is 4.08. The summed E-state index contributed by atoms with van der Waals surface area (Å²) >= 11 is 0. The van der Waals surface area contributed by atoms with Gasteiger partial charge in [-0.05, 0) is 5.92 Å². The number of hydrogen-bond donors (Lipinski definition) is 2. The number of aromatic amines is 1. The molecule has 0 radical (unpaired) electrons. The van der Waals surface area contributed by atoms with Gasteiger partial charge < -0.3 is 0 Å². The second kappa shape index (κ2) is 3.45. The highest BCUT2D eigenvalue weighted by Crippen LogP contribution is 2.13. The first-order valence-corrected chi connectivity index (χ1v) is 3.41. The number of hydrogen-bond acceptors (Lipinski definition) is 4. The van der Waals surface area contributed by atoms with E-state index >= 15 is 0 Å². The first-order chi connectivity index (χ1) is 5.25. The lowest BCUT2D eigenvalue weighted by molar-refractivity contribution is -0.253. The van der Waals surface area contributed by atoms with Crippen LogP contribution in [-0.2, 0) is 11.5 Å². The summed E-state index contributed by atoms with van der Waals surface area (Å²) in [7, 11) is 0. The normalized spacial score (nSPS) is 10.9. The summed E-state index contributed by atoms with van der Waals surface area (Å²) in [4.78, 5) is 3.95. The van der Waals surface area contributed by atoms with Crippen LogP contribution in [0.4, 0.5) is 0 Å². The molecule has 11 heavy (non-hydrogen) atoms. The number of nitrogens with zero attached hydrogens (tertiary/aromatic N) is 2. The van der Waals surface area contributed by atoms with Gasteiger partial charge in [0.05, 0.1) is 5.69 Å². The molecule has 0 amide bonds. The number of nitrogens with one attached hydrogen (secondary N) is 1. The number of rotatable bonds is 3. The summed E-state index contributed by atoms with van der Waals surface area (Å²) < 4.78 is 0. The van der Waals surface area contributed by atoms with Crippen LogP contribution in [0, 0.1) is 0 Å². The molecule has 1 aromatic heterocycles. The first kappa shape index (κ1) is 8.16. The Hall–Kier alpha value is -0.940. The zero-order chi connectivity index (χ0) is 8.27. The van der Waals surface area contributed by atoms with Gasteiger partial charge in [-0.25, -0.2) is 4.89 Å². The molecule has 5 nitrogen and oxygen atoms in total. The molecule has 5 heteroatoms. The van der Waals surface area contributed by atoms with Gasteiger partial charge in [0.1, 0.15) is 12.3 Å². The number of aromatic nitrogens is 3. The second-order valence-electron chi connectivity index (χ2n) is 2.58. The number of H-pyrrole nitrogens is 1. The van der Waals surface area contributed by atoms with Gasteiger partial charge in [-0.1, -0.05) is 13.8 Å². The van der Waals surface area contributed by atoms with Crippen molar-refractivity contribution in [2.24, 2.45) is 0 Å². The molecule has 2 N–H and O–H groups in total. The standard InChI is InChI=1S/C6H11N3O2/c1-4(2)6-5(3-11-10)7-9-8-6/h4,10H,3H2,1-2H3,(H,7,8,9). The quantitative estimate of drug-likeness (QED) is 0.505. The molecular weight excluding hydrogens is 146 g/mol. The van der Waals surface area contributed by atoms with E-state index in [1.807, 2.05) is 13.8 Å². The lowest BCUT2D eigenvalue weighted by Gasteiger charge is -2.00. The van der Waals surface area contributed by atoms with Crippen molar-refractivity contribution >= 4 is 0 Å². The molecule has 0 bridgehead atoms. The predicted octanol–water partition coefficient (Wildman–Crippen LogP) is 0.918. The largest absolute Gasteiger partial charge is 0.251 e. The van der Waals surface area contributed by atoms with E-state index in [9.17, 15) is 0 Å². The fourth-order valence-corrected chi connectivity index (χ4v) is 0.891. The van der Waals surface area contributed by atoms with Crippen molar-refractivity contribution in [1.29, 1.82) is 0 Å². The van der Waals surface area contributed by atoms with Crippen LogP contribution in [0.3, 0.4) is 0 Å². The fourth-order valence-electron chi connectivity index (χ4n) is 0.891. The SMILES string of the molecule is CC(C)c1n[nH]nc1COO. The van der Waals surface area contributed by atoms with Gasteiger partial charge >= 0.3 is 0 Å². The minimum absolute atomic E-state index is 0.0873. The van der Waals surface area contributed by atoms with Crippen molar-refractivity contribution in [3.05, 3.63) is 11.4 Å². The third-order valence-corrected chi connectivity index (χ3v) is 1.40. The third kappa shape index (κ3) is 1.75. The average molecular weight is 157 g/mol.